The van der Waals surface area contributed by atoms with Gasteiger partial charge in [0.1, 0.15) is 28.7 Å². The summed E-state index contributed by atoms with van der Waals surface area (Å²) in [5, 5.41) is 9.20. The first-order valence-electron chi connectivity index (χ1n) is 18.3. The molecule has 0 fully saturated rings. The minimum atomic E-state index is -0.621. The van der Waals surface area contributed by atoms with Crippen molar-refractivity contribution in [2.24, 2.45) is 10.2 Å². The highest BCUT2D eigenvalue weighted by atomic mass is 16.7. The van der Waals surface area contributed by atoms with E-state index in [-0.39, 0.29) is 30.5 Å². The van der Waals surface area contributed by atoms with Crippen molar-refractivity contribution >= 4 is 35.8 Å². The predicted molar refractivity (Wildman–Crippen MR) is 223 cm³/mol. The average molecular weight is 799 g/mol. The van der Waals surface area contributed by atoms with E-state index in [1.165, 1.54) is 24.3 Å². The van der Waals surface area contributed by atoms with Crippen molar-refractivity contribution < 1.29 is 47.6 Å². The maximum absolute atomic E-state index is 13.2. The number of esters is 4. The summed E-state index contributed by atoms with van der Waals surface area (Å²) in [4.78, 5) is 48.6. The van der Waals surface area contributed by atoms with Crippen molar-refractivity contribution in [3.8, 4) is 45.3 Å². The maximum atomic E-state index is 13.2. The Balaban J connectivity index is 1.10. The number of hydrogen-bond donors (Lipinski definition) is 0. The number of rotatable bonds is 15. The van der Waals surface area contributed by atoms with Crippen molar-refractivity contribution in [3.05, 3.63) is 193 Å². The number of carbonyl (C=O) groups is 4. The van der Waals surface area contributed by atoms with Gasteiger partial charge in [0.25, 0.3) is 0 Å². The Morgan fingerprint density at radius 1 is 0.500 bits per heavy atom. The molecule has 0 amide bonds. The monoisotopic (exact) mass is 798 g/mol. The van der Waals surface area contributed by atoms with Crippen molar-refractivity contribution in [1.29, 1.82) is 0 Å². The van der Waals surface area contributed by atoms with Gasteiger partial charge in [-0.15, -0.1) is 5.10 Å². The molecule has 0 radical (unpaired) electrons. The van der Waals surface area contributed by atoms with Gasteiger partial charge in [0.05, 0.1) is 17.3 Å². The normalized spacial score (nSPS) is 11.1. The lowest BCUT2D eigenvalue weighted by atomic mass is 10.00. The smallest absolute Gasteiger partial charge is 0.343 e. The molecule has 0 spiro atoms. The minimum Gasteiger partial charge on any atom is -0.457 e. The number of benzene rings is 6. The van der Waals surface area contributed by atoms with Crippen LogP contribution in [0.25, 0.3) is 22.3 Å². The second-order valence-corrected chi connectivity index (χ2v) is 12.7. The molecule has 0 aliphatic heterocycles. The predicted octanol–water partition coefficient (Wildman–Crippen LogP) is 8.77. The maximum Gasteiger partial charge on any atom is 0.343 e. The van der Waals surface area contributed by atoms with E-state index in [0.29, 0.717) is 22.8 Å². The van der Waals surface area contributed by atoms with Gasteiger partial charge in [0.2, 0.25) is 13.6 Å². The van der Waals surface area contributed by atoms with E-state index in [2.05, 4.69) is 35.5 Å². The summed E-state index contributed by atoms with van der Waals surface area (Å²) in [7, 11) is 0. The SMILES string of the molecule is C=CC(=O)OCOc1ccc(C(=O)Oc2ccc(-c3ccc(OC(=O)c4ccc(OCOC(=O)C=C)cc4)cc3/C=N/N=C3c4ccccc4-c4ccccc43)cc2)cc1. The third kappa shape index (κ3) is 9.59. The van der Waals surface area contributed by atoms with E-state index in [1.807, 2.05) is 36.4 Å². The second kappa shape index (κ2) is 18.7. The Morgan fingerprint density at radius 2 is 0.950 bits per heavy atom. The van der Waals surface area contributed by atoms with Crippen LogP contribution in [0.4, 0.5) is 0 Å². The van der Waals surface area contributed by atoms with Crippen LogP contribution in [0.3, 0.4) is 0 Å². The first-order valence-corrected chi connectivity index (χ1v) is 18.3. The Hall–Kier alpha value is -8.38. The van der Waals surface area contributed by atoms with Crippen LogP contribution >= 0.6 is 0 Å². The fourth-order valence-electron chi connectivity index (χ4n) is 6.06. The number of fused-ring (bicyclic) bond motifs is 3. The van der Waals surface area contributed by atoms with Crippen LogP contribution in [0.5, 0.6) is 23.0 Å². The van der Waals surface area contributed by atoms with Gasteiger partial charge in [-0.1, -0.05) is 79.9 Å². The third-order valence-corrected chi connectivity index (χ3v) is 8.99. The summed E-state index contributed by atoms with van der Waals surface area (Å²) in [6, 6.07) is 40.4. The van der Waals surface area contributed by atoms with E-state index in [4.69, 9.17) is 28.4 Å². The molecule has 12 nitrogen and oxygen atoms in total. The lowest BCUT2D eigenvalue weighted by molar-refractivity contribution is -0.145. The molecule has 0 saturated heterocycles. The van der Waals surface area contributed by atoms with E-state index in [9.17, 15) is 19.2 Å². The highest BCUT2D eigenvalue weighted by molar-refractivity contribution is 6.24. The number of hydrogen-bond acceptors (Lipinski definition) is 12. The zero-order valence-corrected chi connectivity index (χ0v) is 31.8. The molecule has 0 N–H and O–H groups in total. The van der Waals surface area contributed by atoms with Crippen LogP contribution in [0.15, 0.2) is 175 Å². The number of nitrogens with zero attached hydrogens (tertiary/aromatic N) is 2. The van der Waals surface area contributed by atoms with Gasteiger partial charge < -0.3 is 28.4 Å². The van der Waals surface area contributed by atoms with E-state index in [1.54, 1.807) is 72.9 Å². The molecule has 6 aromatic carbocycles. The van der Waals surface area contributed by atoms with Gasteiger partial charge in [-0.25, -0.2) is 19.2 Å². The van der Waals surface area contributed by atoms with Gasteiger partial charge in [0.15, 0.2) is 0 Å². The highest BCUT2D eigenvalue weighted by Gasteiger charge is 2.24. The van der Waals surface area contributed by atoms with Gasteiger partial charge in [-0.2, -0.15) is 5.10 Å². The highest BCUT2D eigenvalue weighted by Crippen LogP contribution is 2.37. The van der Waals surface area contributed by atoms with Crippen LogP contribution in [0.1, 0.15) is 37.4 Å². The molecule has 12 heteroatoms. The van der Waals surface area contributed by atoms with Crippen LogP contribution in [-0.2, 0) is 19.1 Å². The summed E-state index contributed by atoms with van der Waals surface area (Å²) in [6.45, 7) is 6.05. The molecular formula is C48H34N2O10. The van der Waals surface area contributed by atoms with Crippen LogP contribution in [-0.4, -0.2) is 49.4 Å². The van der Waals surface area contributed by atoms with E-state index in [0.717, 1.165) is 51.2 Å². The Bertz CT molecular complexity index is 2600. The molecular weight excluding hydrogens is 765 g/mol. The van der Waals surface area contributed by atoms with Crippen molar-refractivity contribution in [2.45, 2.75) is 0 Å². The fraction of sp³-hybridized carbons (Fsp3) is 0.0417. The number of carbonyl (C=O) groups excluding carboxylic acids is 4. The Kier molecular flexibility index (Phi) is 12.4. The second-order valence-electron chi connectivity index (χ2n) is 12.7. The lowest BCUT2D eigenvalue weighted by Crippen LogP contribution is -2.10. The number of ether oxygens (including phenoxy) is 6. The molecule has 1 aliphatic rings. The molecule has 1 aliphatic carbocycles. The Morgan fingerprint density at radius 3 is 1.45 bits per heavy atom. The van der Waals surface area contributed by atoms with Crippen molar-refractivity contribution in [3.63, 3.8) is 0 Å². The average Bonchev–Trinajstić information content (AvgIpc) is 3.60. The fourth-order valence-corrected chi connectivity index (χ4v) is 6.06. The van der Waals surface area contributed by atoms with Gasteiger partial charge >= 0.3 is 23.9 Å². The molecule has 60 heavy (non-hydrogen) atoms. The standard InChI is InChI=1S/C48H34N2O10/c1-3-44(51)57-29-55-35-19-15-32(16-20-35)47(53)59-37-23-13-31(14-24-37)39-26-25-38(60-48(54)33-17-21-36(22-18-33)56-30-58-45(52)4-2)27-34(39)28-49-50-46-42-11-7-5-9-40(42)41-10-6-8-12-43(41)46/h3-28H,1-2,29-30H2/b49-28+. The van der Waals surface area contributed by atoms with Gasteiger partial charge in [0, 0.05) is 28.8 Å². The topological polar surface area (TPSA) is 148 Å². The van der Waals surface area contributed by atoms with Gasteiger partial charge in [-0.3, -0.25) is 0 Å². The largest absolute Gasteiger partial charge is 0.457 e. The van der Waals surface area contributed by atoms with Crippen LogP contribution < -0.4 is 18.9 Å². The molecule has 0 bridgehead atoms. The quantitative estimate of drug-likeness (QED) is 0.0246. The molecule has 0 heterocycles. The summed E-state index contributed by atoms with van der Waals surface area (Å²) in [5.41, 5.74) is 7.43. The molecule has 0 unspecified atom stereocenters. The molecule has 0 saturated carbocycles. The summed E-state index contributed by atoms with van der Waals surface area (Å²) >= 11 is 0. The van der Waals surface area contributed by atoms with Gasteiger partial charge in [-0.05, 0) is 95.1 Å². The molecule has 6 aromatic rings. The van der Waals surface area contributed by atoms with E-state index < -0.39 is 23.9 Å². The van der Waals surface area contributed by atoms with Crippen LogP contribution in [0, 0.1) is 0 Å². The van der Waals surface area contributed by atoms with E-state index >= 15 is 0 Å². The minimum absolute atomic E-state index is 0.255. The molecule has 7 rings (SSSR count). The molecule has 296 valence electrons. The lowest BCUT2D eigenvalue weighted by Gasteiger charge is -2.11. The zero-order valence-electron chi connectivity index (χ0n) is 31.8. The first-order chi connectivity index (χ1) is 29.3. The molecule has 0 atom stereocenters. The summed E-state index contributed by atoms with van der Waals surface area (Å²) in [6.07, 6.45) is 3.65. The van der Waals surface area contributed by atoms with Crippen LogP contribution in [0.2, 0.25) is 0 Å². The summed E-state index contributed by atoms with van der Waals surface area (Å²) in [5.74, 6) is -1.10. The Labute approximate surface area is 344 Å². The zero-order chi connectivity index (χ0) is 41.8. The third-order valence-electron chi connectivity index (χ3n) is 8.99. The summed E-state index contributed by atoms with van der Waals surface area (Å²) < 4.78 is 31.7. The molecule has 0 aromatic heterocycles. The van der Waals surface area contributed by atoms with Crippen molar-refractivity contribution in [2.75, 3.05) is 13.6 Å². The first kappa shape index (κ1) is 39.8. The van der Waals surface area contributed by atoms with Crippen molar-refractivity contribution in [1.82, 2.24) is 0 Å².